The van der Waals surface area contributed by atoms with Crippen LogP contribution in [0.1, 0.15) is 59.2 Å². The van der Waals surface area contributed by atoms with Crippen LogP contribution in [0.25, 0.3) is 5.76 Å². The first-order chi connectivity index (χ1) is 16.3. The van der Waals surface area contributed by atoms with Crippen molar-refractivity contribution in [3.8, 4) is 0 Å². The monoisotopic (exact) mass is 467 g/mol. The topological polar surface area (TPSA) is 107 Å². The molecule has 0 spiro atoms. The number of aromatic nitrogens is 1. The minimum absolute atomic E-state index is 0.0759. The number of aromatic amines is 1. The molecule has 1 aliphatic heterocycles. The molecule has 182 valence electrons. The number of esters is 1. The smallest absolute Gasteiger partial charge is 0.354 e. The number of Topliss-reactive ketones (excluding diaryl/α,β-unsaturated/α-hetero) is 1. The second-order valence-electron chi connectivity index (χ2n) is 8.56. The Morgan fingerprint density at radius 1 is 1.15 bits per heavy atom. The summed E-state index contributed by atoms with van der Waals surface area (Å²) >= 11 is 0. The van der Waals surface area contributed by atoms with E-state index in [1.165, 1.54) is 16.9 Å². The van der Waals surface area contributed by atoms with Gasteiger partial charge in [0.2, 0.25) is 5.78 Å². The second-order valence-corrected chi connectivity index (χ2v) is 8.56. The van der Waals surface area contributed by atoms with Crippen molar-refractivity contribution in [1.82, 2.24) is 9.88 Å². The molecule has 1 aliphatic rings. The average molecular weight is 468 g/mol. The first-order valence-electron chi connectivity index (χ1n) is 11.7. The Bertz CT molecular complexity index is 1100. The molecule has 1 saturated heterocycles. The van der Waals surface area contributed by atoms with Crippen LogP contribution < -0.4 is 10.0 Å². The van der Waals surface area contributed by atoms with E-state index in [2.05, 4.69) is 18.8 Å². The van der Waals surface area contributed by atoms with Crippen LogP contribution in [0, 0.1) is 13.8 Å². The summed E-state index contributed by atoms with van der Waals surface area (Å²) in [5, 5.41) is 13.8. The van der Waals surface area contributed by atoms with E-state index in [1.807, 2.05) is 30.3 Å². The summed E-state index contributed by atoms with van der Waals surface area (Å²) in [7, 11) is 1.26. The van der Waals surface area contributed by atoms with Gasteiger partial charge in [0.1, 0.15) is 5.69 Å². The summed E-state index contributed by atoms with van der Waals surface area (Å²) in [5.74, 6) is -2.58. The Morgan fingerprint density at radius 2 is 1.79 bits per heavy atom. The van der Waals surface area contributed by atoms with Gasteiger partial charge in [-0.15, -0.1) is 0 Å². The van der Waals surface area contributed by atoms with Crippen molar-refractivity contribution < 1.29 is 29.1 Å². The quantitative estimate of drug-likeness (QED) is 0.247. The summed E-state index contributed by atoms with van der Waals surface area (Å²) in [6, 6.07) is 8.37. The van der Waals surface area contributed by atoms with Gasteiger partial charge >= 0.3 is 5.97 Å². The van der Waals surface area contributed by atoms with Crippen molar-refractivity contribution in [2.75, 3.05) is 33.3 Å². The highest BCUT2D eigenvalue weighted by atomic mass is 16.5. The number of ether oxygens (including phenoxy) is 1. The van der Waals surface area contributed by atoms with Crippen LogP contribution >= 0.6 is 0 Å². The summed E-state index contributed by atoms with van der Waals surface area (Å²) in [4.78, 5) is 44.2. The predicted octanol–water partition coefficient (Wildman–Crippen LogP) is 0.957. The molecular weight excluding hydrogens is 434 g/mol. The van der Waals surface area contributed by atoms with Crippen molar-refractivity contribution in [3.05, 3.63) is 64.0 Å². The lowest BCUT2D eigenvalue weighted by Crippen LogP contribution is -3.11. The molecule has 0 aliphatic carbocycles. The fourth-order valence-corrected chi connectivity index (χ4v) is 4.72. The van der Waals surface area contributed by atoms with Crippen LogP contribution in [0.3, 0.4) is 0 Å². The highest BCUT2D eigenvalue weighted by molar-refractivity contribution is 6.46. The first kappa shape index (κ1) is 25.2. The SMILES string of the molecule is CC[NH+](CC)CCCN1C(=O)C(=O)C(=C([O-])c2c(C)[nH]c(C(=O)OC)c2C)C1c1ccccc1. The zero-order valence-corrected chi connectivity index (χ0v) is 20.5. The number of nitrogens with one attached hydrogen (secondary N) is 2. The second kappa shape index (κ2) is 10.7. The maximum atomic E-state index is 13.8. The van der Waals surface area contributed by atoms with E-state index in [-0.39, 0.29) is 16.8 Å². The zero-order valence-electron chi connectivity index (χ0n) is 20.5. The lowest BCUT2D eigenvalue weighted by Gasteiger charge is -2.28. The van der Waals surface area contributed by atoms with Crippen LogP contribution in [0.4, 0.5) is 0 Å². The van der Waals surface area contributed by atoms with Gasteiger partial charge in [0.15, 0.2) is 0 Å². The molecule has 1 fully saturated rings. The van der Waals surface area contributed by atoms with Crippen molar-refractivity contribution >= 4 is 23.4 Å². The number of rotatable bonds is 9. The van der Waals surface area contributed by atoms with Crippen molar-refractivity contribution in [1.29, 1.82) is 0 Å². The summed E-state index contributed by atoms with van der Waals surface area (Å²) in [6.07, 6.45) is 0.718. The molecule has 2 N–H and O–H groups in total. The third kappa shape index (κ3) is 4.63. The van der Waals surface area contributed by atoms with E-state index in [0.717, 1.165) is 26.1 Å². The van der Waals surface area contributed by atoms with E-state index in [1.54, 1.807) is 13.8 Å². The molecule has 2 heterocycles. The van der Waals surface area contributed by atoms with Gasteiger partial charge in [-0.1, -0.05) is 36.1 Å². The number of benzene rings is 1. The van der Waals surface area contributed by atoms with E-state index in [4.69, 9.17) is 4.74 Å². The number of carbonyl (C=O) groups excluding carboxylic acids is 3. The molecular formula is C26H33N3O5. The fraction of sp³-hybridized carbons (Fsp3) is 0.423. The summed E-state index contributed by atoms with van der Waals surface area (Å²) in [6.45, 7) is 10.7. The van der Waals surface area contributed by atoms with Gasteiger partial charge in [-0.05, 0) is 44.4 Å². The molecule has 1 aromatic heterocycles. The zero-order chi connectivity index (χ0) is 25.0. The Kier molecular flexibility index (Phi) is 7.94. The highest BCUT2D eigenvalue weighted by Gasteiger charge is 2.44. The largest absolute Gasteiger partial charge is 0.872 e. The normalized spacial score (nSPS) is 17.6. The molecule has 8 heteroatoms. The Morgan fingerprint density at radius 3 is 2.38 bits per heavy atom. The van der Waals surface area contributed by atoms with Crippen molar-refractivity contribution in [3.63, 3.8) is 0 Å². The van der Waals surface area contributed by atoms with Gasteiger partial charge < -0.3 is 24.6 Å². The summed E-state index contributed by atoms with van der Waals surface area (Å²) in [5.41, 5.74) is 1.87. The van der Waals surface area contributed by atoms with E-state index in [9.17, 15) is 19.5 Å². The first-order valence-corrected chi connectivity index (χ1v) is 11.7. The number of aryl methyl sites for hydroxylation is 1. The Labute approximate surface area is 200 Å². The maximum Gasteiger partial charge on any atom is 0.354 e. The van der Waals surface area contributed by atoms with E-state index >= 15 is 0 Å². The number of amides is 1. The van der Waals surface area contributed by atoms with Crippen LogP contribution in [-0.4, -0.2) is 60.8 Å². The van der Waals surface area contributed by atoms with Gasteiger partial charge in [0.25, 0.3) is 5.91 Å². The molecule has 1 amide bonds. The van der Waals surface area contributed by atoms with Crippen LogP contribution in [0.15, 0.2) is 35.9 Å². The van der Waals surface area contributed by atoms with Crippen LogP contribution in [0.2, 0.25) is 0 Å². The minimum atomic E-state index is -0.784. The number of methoxy groups -OCH3 is 1. The third-order valence-electron chi connectivity index (χ3n) is 6.63. The van der Waals surface area contributed by atoms with Crippen molar-refractivity contribution in [2.24, 2.45) is 0 Å². The molecule has 34 heavy (non-hydrogen) atoms. The molecule has 1 aromatic carbocycles. The number of carbonyl (C=O) groups is 3. The molecule has 3 rings (SSSR count). The van der Waals surface area contributed by atoms with Crippen LogP contribution in [-0.2, 0) is 14.3 Å². The molecule has 0 radical (unpaired) electrons. The fourth-order valence-electron chi connectivity index (χ4n) is 4.72. The average Bonchev–Trinajstić information content (AvgIpc) is 3.28. The predicted molar refractivity (Wildman–Crippen MR) is 126 cm³/mol. The van der Waals surface area contributed by atoms with E-state index < -0.39 is 29.5 Å². The molecule has 0 bridgehead atoms. The number of H-pyrrole nitrogens is 1. The van der Waals surface area contributed by atoms with E-state index in [0.29, 0.717) is 23.4 Å². The Hall–Kier alpha value is -3.39. The maximum absolute atomic E-state index is 13.8. The number of likely N-dealkylation sites (tertiary alicyclic amines) is 1. The molecule has 1 unspecified atom stereocenters. The number of nitrogens with zero attached hydrogens (tertiary/aromatic N) is 1. The van der Waals surface area contributed by atoms with Crippen molar-refractivity contribution in [2.45, 2.75) is 40.2 Å². The number of hydrogen-bond acceptors (Lipinski definition) is 5. The van der Waals surface area contributed by atoms with Gasteiger partial charge in [-0.3, -0.25) is 9.59 Å². The van der Waals surface area contributed by atoms with Gasteiger partial charge in [-0.25, -0.2) is 4.79 Å². The lowest BCUT2D eigenvalue weighted by atomic mass is 9.94. The molecule has 0 saturated carbocycles. The molecule has 2 aromatic rings. The van der Waals surface area contributed by atoms with Crippen LogP contribution in [0.5, 0.6) is 0 Å². The number of quaternary nitrogens is 1. The third-order valence-corrected chi connectivity index (χ3v) is 6.63. The molecule has 8 nitrogen and oxygen atoms in total. The van der Waals surface area contributed by atoms with Gasteiger partial charge in [-0.2, -0.15) is 0 Å². The lowest BCUT2D eigenvalue weighted by molar-refractivity contribution is -0.896. The number of ketones is 1. The van der Waals surface area contributed by atoms with Gasteiger partial charge in [0, 0.05) is 24.2 Å². The minimum Gasteiger partial charge on any atom is -0.872 e. The number of hydrogen-bond donors (Lipinski definition) is 2. The van der Waals surface area contributed by atoms with Gasteiger partial charge in [0.05, 0.1) is 32.8 Å². The Balaban J connectivity index is 2.09. The molecule has 1 atom stereocenters. The summed E-state index contributed by atoms with van der Waals surface area (Å²) < 4.78 is 4.80. The standard InChI is InChI=1S/C26H33N3O5/c1-6-28(7-2)14-11-15-29-22(18-12-9-8-10-13-18)20(24(31)25(29)32)23(30)19-16(3)21(26(33)34-5)27-17(19)4/h8-10,12-13,22,27,30H,6-7,11,14-15H2,1-5H3. The highest BCUT2D eigenvalue weighted by Crippen LogP contribution is 2.39.